The van der Waals surface area contributed by atoms with Crippen LogP contribution in [0.3, 0.4) is 0 Å². The number of carbonyl (C=O) groups excluding carboxylic acids is 1. The third-order valence-electron chi connectivity index (χ3n) is 3.32. The summed E-state index contributed by atoms with van der Waals surface area (Å²) in [6.45, 7) is 4.87. The molecule has 1 unspecified atom stereocenters. The molecule has 0 bridgehead atoms. The van der Waals surface area contributed by atoms with Crippen LogP contribution in [0, 0.1) is 5.92 Å². The zero-order valence-corrected chi connectivity index (χ0v) is 11.9. The van der Waals surface area contributed by atoms with Gasteiger partial charge in [0.2, 0.25) is 0 Å². The Morgan fingerprint density at radius 1 is 1.63 bits per heavy atom. The molecule has 0 aliphatic carbocycles. The minimum Gasteiger partial charge on any atom is -0.466 e. The lowest BCUT2D eigenvalue weighted by Crippen LogP contribution is -2.38. The van der Waals surface area contributed by atoms with E-state index in [1.807, 2.05) is 19.1 Å². The third kappa shape index (κ3) is 4.18. The van der Waals surface area contributed by atoms with Crippen LogP contribution in [0.4, 0.5) is 0 Å². The van der Waals surface area contributed by atoms with Crippen LogP contribution in [0.15, 0.2) is 18.3 Å². The highest BCUT2D eigenvalue weighted by Crippen LogP contribution is 2.20. The molecule has 0 saturated carbocycles. The zero-order chi connectivity index (χ0) is 13.7. The van der Waals surface area contributed by atoms with Gasteiger partial charge in [-0.25, -0.2) is 4.98 Å². The first-order chi connectivity index (χ1) is 9.19. The lowest BCUT2D eigenvalue weighted by atomic mass is 9.98. The molecule has 5 heteroatoms. The molecule has 1 saturated heterocycles. The van der Waals surface area contributed by atoms with Crippen molar-refractivity contribution in [3.63, 3.8) is 0 Å². The molecule has 1 fully saturated rings. The molecule has 19 heavy (non-hydrogen) atoms. The lowest BCUT2D eigenvalue weighted by molar-refractivity contribution is -0.150. The second-order valence-electron chi connectivity index (χ2n) is 4.81. The van der Waals surface area contributed by atoms with Crippen molar-refractivity contribution in [2.75, 3.05) is 19.7 Å². The fourth-order valence-corrected chi connectivity index (χ4v) is 2.65. The molecule has 104 valence electrons. The largest absolute Gasteiger partial charge is 0.466 e. The van der Waals surface area contributed by atoms with E-state index in [2.05, 4.69) is 9.88 Å². The Morgan fingerprint density at radius 2 is 2.47 bits per heavy atom. The predicted molar refractivity (Wildman–Crippen MR) is 73.9 cm³/mol. The van der Waals surface area contributed by atoms with Crippen LogP contribution in [0.25, 0.3) is 0 Å². The Bertz CT molecular complexity index is 439. The van der Waals surface area contributed by atoms with Gasteiger partial charge < -0.3 is 4.74 Å². The minimum atomic E-state index is -0.0695. The second kappa shape index (κ2) is 6.87. The molecule has 1 aromatic rings. The van der Waals surface area contributed by atoms with Crippen LogP contribution >= 0.6 is 11.6 Å². The van der Waals surface area contributed by atoms with Gasteiger partial charge in [0, 0.05) is 19.3 Å². The van der Waals surface area contributed by atoms with Crippen LogP contribution in [-0.4, -0.2) is 35.5 Å². The molecule has 4 nitrogen and oxygen atoms in total. The van der Waals surface area contributed by atoms with Crippen LogP contribution < -0.4 is 0 Å². The maximum atomic E-state index is 11.8. The van der Waals surface area contributed by atoms with Gasteiger partial charge in [0.05, 0.1) is 12.5 Å². The fraction of sp³-hybridized carbons (Fsp3) is 0.571. The van der Waals surface area contributed by atoms with Crippen molar-refractivity contribution in [3.05, 3.63) is 29.0 Å². The first kappa shape index (κ1) is 14.3. The number of halogens is 1. The average molecular weight is 283 g/mol. The summed E-state index contributed by atoms with van der Waals surface area (Å²) in [6.07, 6.45) is 3.67. The Labute approximate surface area is 118 Å². The van der Waals surface area contributed by atoms with E-state index in [1.165, 1.54) is 0 Å². The van der Waals surface area contributed by atoms with Gasteiger partial charge >= 0.3 is 5.97 Å². The molecule has 1 aromatic heterocycles. The maximum absolute atomic E-state index is 11.8. The Kier molecular flexibility index (Phi) is 5.16. The molecule has 2 heterocycles. The van der Waals surface area contributed by atoms with Gasteiger partial charge in [0.25, 0.3) is 0 Å². The van der Waals surface area contributed by atoms with E-state index in [1.54, 1.807) is 6.20 Å². The van der Waals surface area contributed by atoms with Gasteiger partial charge in [-0.2, -0.15) is 0 Å². The molecule has 1 atom stereocenters. The molecular formula is C14H19ClN2O2. The number of hydrogen-bond acceptors (Lipinski definition) is 4. The van der Waals surface area contributed by atoms with Crippen LogP contribution in [-0.2, 0) is 16.1 Å². The number of pyridine rings is 1. The summed E-state index contributed by atoms with van der Waals surface area (Å²) in [5, 5.41) is 0.511. The van der Waals surface area contributed by atoms with Crippen molar-refractivity contribution in [1.82, 2.24) is 9.88 Å². The van der Waals surface area contributed by atoms with Crippen LogP contribution in [0.5, 0.6) is 0 Å². The summed E-state index contributed by atoms with van der Waals surface area (Å²) in [5.74, 6) is -0.0639. The van der Waals surface area contributed by atoms with Gasteiger partial charge in [-0.05, 0) is 44.0 Å². The van der Waals surface area contributed by atoms with Crippen molar-refractivity contribution in [2.24, 2.45) is 5.92 Å². The Hall–Kier alpha value is -1.13. The van der Waals surface area contributed by atoms with E-state index < -0.39 is 0 Å². The number of carbonyl (C=O) groups is 1. The number of aromatic nitrogens is 1. The van der Waals surface area contributed by atoms with E-state index >= 15 is 0 Å². The minimum absolute atomic E-state index is 0.00556. The Morgan fingerprint density at radius 3 is 3.21 bits per heavy atom. The SMILES string of the molecule is CCOC(=O)C1CCCN(Cc2ccnc(Cl)c2)C1. The topological polar surface area (TPSA) is 42.4 Å². The lowest BCUT2D eigenvalue weighted by Gasteiger charge is -2.31. The van der Waals surface area contributed by atoms with Crippen molar-refractivity contribution in [1.29, 1.82) is 0 Å². The fourth-order valence-electron chi connectivity index (χ4n) is 2.45. The van der Waals surface area contributed by atoms with E-state index in [0.29, 0.717) is 11.8 Å². The summed E-state index contributed by atoms with van der Waals surface area (Å²) in [6, 6.07) is 3.83. The van der Waals surface area contributed by atoms with E-state index in [-0.39, 0.29) is 11.9 Å². The summed E-state index contributed by atoms with van der Waals surface area (Å²) in [7, 11) is 0. The Balaban J connectivity index is 1.92. The van der Waals surface area contributed by atoms with Crippen molar-refractivity contribution in [3.8, 4) is 0 Å². The van der Waals surface area contributed by atoms with Gasteiger partial charge in [-0.15, -0.1) is 0 Å². The van der Waals surface area contributed by atoms with Crippen molar-refractivity contribution in [2.45, 2.75) is 26.3 Å². The monoisotopic (exact) mass is 282 g/mol. The molecule has 1 aliphatic heterocycles. The summed E-state index contributed by atoms with van der Waals surface area (Å²) >= 11 is 5.88. The smallest absolute Gasteiger partial charge is 0.310 e. The van der Waals surface area contributed by atoms with Crippen LogP contribution in [0.1, 0.15) is 25.3 Å². The highest BCUT2D eigenvalue weighted by Gasteiger charge is 2.26. The van der Waals surface area contributed by atoms with Crippen molar-refractivity contribution < 1.29 is 9.53 Å². The highest BCUT2D eigenvalue weighted by atomic mass is 35.5. The second-order valence-corrected chi connectivity index (χ2v) is 5.20. The van der Waals surface area contributed by atoms with E-state index in [4.69, 9.17) is 16.3 Å². The summed E-state index contributed by atoms with van der Waals surface area (Å²) in [4.78, 5) is 18.0. The molecular weight excluding hydrogens is 264 g/mol. The number of likely N-dealkylation sites (tertiary alicyclic amines) is 1. The average Bonchev–Trinajstić information content (AvgIpc) is 2.39. The summed E-state index contributed by atoms with van der Waals surface area (Å²) < 4.78 is 5.10. The first-order valence-electron chi connectivity index (χ1n) is 6.68. The summed E-state index contributed by atoms with van der Waals surface area (Å²) in [5.41, 5.74) is 1.13. The number of nitrogens with zero attached hydrogens (tertiary/aromatic N) is 2. The van der Waals surface area contributed by atoms with Crippen molar-refractivity contribution >= 4 is 17.6 Å². The first-order valence-corrected chi connectivity index (χ1v) is 7.06. The zero-order valence-electron chi connectivity index (χ0n) is 11.1. The quantitative estimate of drug-likeness (QED) is 0.629. The normalized spacial score (nSPS) is 20.2. The number of hydrogen-bond donors (Lipinski definition) is 0. The number of rotatable bonds is 4. The molecule has 0 aromatic carbocycles. The molecule has 0 N–H and O–H groups in total. The maximum Gasteiger partial charge on any atom is 0.310 e. The molecule has 2 rings (SSSR count). The molecule has 0 amide bonds. The number of piperidine rings is 1. The molecule has 0 spiro atoms. The van der Waals surface area contributed by atoms with E-state index in [0.717, 1.165) is 38.0 Å². The highest BCUT2D eigenvalue weighted by molar-refractivity contribution is 6.29. The number of ether oxygens (including phenoxy) is 1. The molecule has 0 radical (unpaired) electrons. The standard InChI is InChI=1S/C14H19ClN2O2/c1-2-19-14(18)12-4-3-7-17(10-12)9-11-5-6-16-13(15)8-11/h5-6,8,12H,2-4,7,9-10H2,1H3. The third-order valence-corrected chi connectivity index (χ3v) is 3.53. The van der Waals surface area contributed by atoms with Gasteiger partial charge in [0.15, 0.2) is 0 Å². The molecule has 1 aliphatic rings. The van der Waals surface area contributed by atoms with Gasteiger partial charge in [-0.1, -0.05) is 11.6 Å². The predicted octanol–water partition coefficient (Wildman–Crippen LogP) is 2.51. The van der Waals surface area contributed by atoms with Gasteiger partial charge in [-0.3, -0.25) is 9.69 Å². The van der Waals surface area contributed by atoms with Gasteiger partial charge in [0.1, 0.15) is 5.15 Å². The number of esters is 1. The van der Waals surface area contributed by atoms with E-state index in [9.17, 15) is 4.79 Å². The van der Waals surface area contributed by atoms with Crippen LogP contribution in [0.2, 0.25) is 5.15 Å².